The fourth-order valence-electron chi connectivity index (χ4n) is 1.38. The topological polar surface area (TPSA) is 52.6 Å². The Labute approximate surface area is 77.2 Å². The standard InChI is InChI=1S/C9H14O4/c1-4-12-7(10)6-5-9(2,3)13-8(6)11/h6H,4-5H2,1-3H3/t6-/m1/s1. The molecule has 0 aliphatic carbocycles. The van der Waals surface area contributed by atoms with Gasteiger partial charge in [-0.3, -0.25) is 9.59 Å². The van der Waals surface area contributed by atoms with Gasteiger partial charge in [-0.05, 0) is 20.8 Å². The largest absolute Gasteiger partial charge is 0.465 e. The van der Waals surface area contributed by atoms with Gasteiger partial charge in [-0.1, -0.05) is 0 Å². The van der Waals surface area contributed by atoms with Crippen LogP contribution in [0.3, 0.4) is 0 Å². The third-order valence-electron chi connectivity index (χ3n) is 1.93. The van der Waals surface area contributed by atoms with Gasteiger partial charge in [0.25, 0.3) is 0 Å². The van der Waals surface area contributed by atoms with E-state index in [1.807, 2.05) is 0 Å². The third kappa shape index (κ3) is 2.20. The molecule has 1 rings (SSSR count). The lowest BCUT2D eigenvalue weighted by molar-refractivity contribution is -0.157. The summed E-state index contributed by atoms with van der Waals surface area (Å²) in [6.45, 7) is 5.57. The first-order valence-corrected chi connectivity index (χ1v) is 4.36. The Bertz CT molecular complexity index is 232. The first kappa shape index (κ1) is 10.0. The van der Waals surface area contributed by atoms with E-state index in [2.05, 4.69) is 0 Å². The molecule has 1 heterocycles. The van der Waals surface area contributed by atoms with E-state index in [4.69, 9.17) is 9.47 Å². The third-order valence-corrected chi connectivity index (χ3v) is 1.93. The van der Waals surface area contributed by atoms with E-state index in [-0.39, 0.29) is 0 Å². The molecule has 4 nitrogen and oxygen atoms in total. The molecule has 1 saturated heterocycles. The molecule has 1 fully saturated rings. The summed E-state index contributed by atoms with van der Waals surface area (Å²) in [5, 5.41) is 0. The zero-order valence-corrected chi connectivity index (χ0v) is 8.12. The van der Waals surface area contributed by atoms with Crippen molar-refractivity contribution < 1.29 is 19.1 Å². The Morgan fingerprint density at radius 1 is 1.69 bits per heavy atom. The fraction of sp³-hybridized carbons (Fsp3) is 0.778. The van der Waals surface area contributed by atoms with Crippen molar-refractivity contribution in [2.45, 2.75) is 32.8 Å². The Kier molecular flexibility index (Phi) is 2.59. The highest BCUT2D eigenvalue weighted by Crippen LogP contribution is 2.30. The van der Waals surface area contributed by atoms with Gasteiger partial charge < -0.3 is 9.47 Å². The van der Waals surface area contributed by atoms with E-state index in [1.54, 1.807) is 20.8 Å². The van der Waals surface area contributed by atoms with Gasteiger partial charge in [0.2, 0.25) is 0 Å². The molecule has 74 valence electrons. The van der Waals surface area contributed by atoms with Gasteiger partial charge in [0.05, 0.1) is 6.61 Å². The van der Waals surface area contributed by atoms with Crippen molar-refractivity contribution >= 4 is 11.9 Å². The van der Waals surface area contributed by atoms with Crippen molar-refractivity contribution in [1.82, 2.24) is 0 Å². The van der Waals surface area contributed by atoms with Crippen LogP contribution in [0.15, 0.2) is 0 Å². The summed E-state index contributed by atoms with van der Waals surface area (Å²) in [7, 11) is 0. The van der Waals surface area contributed by atoms with Crippen molar-refractivity contribution in [3.63, 3.8) is 0 Å². The van der Waals surface area contributed by atoms with Crippen molar-refractivity contribution in [3.05, 3.63) is 0 Å². The van der Waals surface area contributed by atoms with Crippen LogP contribution in [-0.2, 0) is 19.1 Å². The highest BCUT2D eigenvalue weighted by Gasteiger charge is 2.44. The predicted octanol–water partition coefficient (Wildman–Crippen LogP) is 0.891. The molecule has 1 atom stereocenters. The lowest BCUT2D eigenvalue weighted by Gasteiger charge is -2.14. The Morgan fingerprint density at radius 3 is 2.69 bits per heavy atom. The summed E-state index contributed by atoms with van der Waals surface area (Å²) in [6.07, 6.45) is 0.407. The summed E-state index contributed by atoms with van der Waals surface area (Å²) in [5.74, 6) is -1.67. The van der Waals surface area contributed by atoms with Gasteiger partial charge in [-0.15, -0.1) is 0 Å². The number of ether oxygens (including phenoxy) is 2. The van der Waals surface area contributed by atoms with Crippen molar-refractivity contribution in [1.29, 1.82) is 0 Å². The maximum atomic E-state index is 11.2. The maximum absolute atomic E-state index is 11.2. The second kappa shape index (κ2) is 3.36. The molecular formula is C9H14O4. The minimum atomic E-state index is -0.727. The number of hydrogen-bond donors (Lipinski definition) is 0. The number of cyclic esters (lactones) is 1. The van der Waals surface area contributed by atoms with Crippen LogP contribution in [0.4, 0.5) is 0 Å². The number of rotatable bonds is 2. The van der Waals surface area contributed by atoms with Gasteiger partial charge in [-0.2, -0.15) is 0 Å². The molecule has 0 saturated carbocycles. The molecule has 0 bridgehead atoms. The van der Waals surface area contributed by atoms with Crippen LogP contribution in [-0.4, -0.2) is 24.1 Å². The summed E-state index contributed by atoms with van der Waals surface area (Å²) in [6, 6.07) is 0. The molecule has 1 aliphatic rings. The molecule has 0 spiro atoms. The van der Waals surface area contributed by atoms with Gasteiger partial charge in [0, 0.05) is 6.42 Å². The minimum absolute atomic E-state index is 0.295. The molecule has 0 N–H and O–H groups in total. The lowest BCUT2D eigenvalue weighted by Crippen LogP contribution is -2.22. The van der Waals surface area contributed by atoms with Crippen LogP contribution < -0.4 is 0 Å². The number of hydrogen-bond acceptors (Lipinski definition) is 4. The van der Waals surface area contributed by atoms with Crippen LogP contribution in [0.5, 0.6) is 0 Å². The Morgan fingerprint density at radius 2 is 2.31 bits per heavy atom. The van der Waals surface area contributed by atoms with E-state index in [0.29, 0.717) is 13.0 Å². The molecule has 1 aliphatic heterocycles. The molecule has 4 heteroatoms. The quantitative estimate of drug-likeness (QED) is 0.474. The summed E-state index contributed by atoms with van der Waals surface area (Å²) >= 11 is 0. The molecule has 0 aromatic rings. The second-order valence-corrected chi connectivity index (χ2v) is 3.69. The zero-order valence-electron chi connectivity index (χ0n) is 8.12. The minimum Gasteiger partial charge on any atom is -0.465 e. The molecule has 0 amide bonds. The van der Waals surface area contributed by atoms with Crippen molar-refractivity contribution in [3.8, 4) is 0 Å². The highest BCUT2D eigenvalue weighted by molar-refractivity contribution is 5.96. The molecule has 0 radical (unpaired) electrons. The molecule has 0 aromatic heterocycles. The van der Waals surface area contributed by atoms with Crippen LogP contribution in [0, 0.1) is 5.92 Å². The molecule has 13 heavy (non-hydrogen) atoms. The SMILES string of the molecule is CCOC(=O)[C@H]1CC(C)(C)OC1=O. The van der Waals surface area contributed by atoms with Crippen LogP contribution in [0.1, 0.15) is 27.2 Å². The lowest BCUT2D eigenvalue weighted by atomic mass is 9.98. The molecule has 0 unspecified atom stereocenters. The predicted molar refractivity (Wildman–Crippen MR) is 44.9 cm³/mol. The van der Waals surface area contributed by atoms with E-state index >= 15 is 0 Å². The van der Waals surface area contributed by atoms with Crippen LogP contribution in [0.2, 0.25) is 0 Å². The fourth-order valence-corrected chi connectivity index (χ4v) is 1.38. The van der Waals surface area contributed by atoms with Crippen LogP contribution in [0.25, 0.3) is 0 Å². The van der Waals surface area contributed by atoms with Gasteiger partial charge in [0.1, 0.15) is 5.60 Å². The Hall–Kier alpha value is -1.06. The molecular weight excluding hydrogens is 172 g/mol. The van der Waals surface area contributed by atoms with Crippen LogP contribution >= 0.6 is 0 Å². The normalized spacial score (nSPS) is 25.5. The highest BCUT2D eigenvalue weighted by atomic mass is 16.6. The van der Waals surface area contributed by atoms with Crippen molar-refractivity contribution in [2.24, 2.45) is 5.92 Å². The van der Waals surface area contributed by atoms with Gasteiger partial charge in [0.15, 0.2) is 5.92 Å². The van der Waals surface area contributed by atoms with Gasteiger partial charge >= 0.3 is 11.9 Å². The van der Waals surface area contributed by atoms with Crippen molar-refractivity contribution in [2.75, 3.05) is 6.61 Å². The smallest absolute Gasteiger partial charge is 0.321 e. The number of carbonyl (C=O) groups is 2. The number of carbonyl (C=O) groups excluding carboxylic acids is 2. The second-order valence-electron chi connectivity index (χ2n) is 3.69. The first-order valence-electron chi connectivity index (χ1n) is 4.36. The van der Waals surface area contributed by atoms with E-state index < -0.39 is 23.5 Å². The summed E-state index contributed by atoms with van der Waals surface area (Å²) < 4.78 is 9.74. The average Bonchev–Trinajstić information content (AvgIpc) is 2.25. The molecule has 0 aromatic carbocycles. The first-order chi connectivity index (χ1) is 5.96. The Balaban J connectivity index is 2.63. The summed E-state index contributed by atoms with van der Waals surface area (Å²) in [5.41, 5.74) is -0.533. The van der Waals surface area contributed by atoms with Gasteiger partial charge in [-0.25, -0.2) is 0 Å². The number of esters is 2. The van der Waals surface area contributed by atoms with E-state index in [9.17, 15) is 9.59 Å². The summed E-state index contributed by atoms with van der Waals surface area (Å²) in [4.78, 5) is 22.4. The average molecular weight is 186 g/mol. The van der Waals surface area contributed by atoms with E-state index in [1.165, 1.54) is 0 Å². The zero-order chi connectivity index (χ0) is 10.1. The monoisotopic (exact) mass is 186 g/mol. The van der Waals surface area contributed by atoms with E-state index in [0.717, 1.165) is 0 Å². The maximum Gasteiger partial charge on any atom is 0.321 e.